The molecule has 2 amide bonds. The number of rotatable bonds is 9. The molecule has 31 heavy (non-hydrogen) atoms. The number of para-hydroxylation sites is 1. The number of urea groups is 1. The molecule has 0 bridgehead atoms. The monoisotopic (exact) mass is 424 g/mol. The lowest BCUT2D eigenvalue weighted by molar-refractivity contribution is 0.174. The minimum absolute atomic E-state index is 0.155. The zero-order valence-corrected chi connectivity index (χ0v) is 19.5. The number of nitrogens with one attached hydrogen (secondary N) is 2. The molecule has 2 N–H and O–H groups in total. The zero-order valence-electron chi connectivity index (χ0n) is 19.5. The van der Waals surface area contributed by atoms with Crippen LogP contribution in [0.25, 0.3) is 0 Å². The van der Waals surface area contributed by atoms with Crippen molar-refractivity contribution in [2.24, 2.45) is 0 Å². The molecule has 1 unspecified atom stereocenters. The average molecular weight is 425 g/mol. The number of unbranched alkanes of at least 4 members (excludes halogenated alkanes) is 1. The van der Waals surface area contributed by atoms with Gasteiger partial charge in [-0.1, -0.05) is 71.7 Å². The second kappa shape index (κ2) is 10.6. The van der Waals surface area contributed by atoms with E-state index in [0.29, 0.717) is 18.4 Å². The summed E-state index contributed by atoms with van der Waals surface area (Å²) in [6.45, 7) is 11.7. The number of carbonyl (C=O) groups is 1. The molecule has 1 heterocycles. The molecule has 0 aromatic heterocycles. The smallest absolute Gasteiger partial charge is 0.319 e. The molecule has 0 fully saturated rings. The highest BCUT2D eigenvalue weighted by Gasteiger charge is 2.20. The molecule has 5 heteroatoms. The van der Waals surface area contributed by atoms with Gasteiger partial charge >= 0.3 is 6.03 Å². The molecule has 1 atom stereocenters. The third kappa shape index (κ3) is 5.72. The molecule has 0 radical (unpaired) electrons. The topological polar surface area (TPSA) is 59.6 Å². The fraction of sp³-hybridized carbons (Fsp3) is 0.500. The Morgan fingerprint density at radius 3 is 2.32 bits per heavy atom. The normalized spacial score (nSPS) is 13.5. The van der Waals surface area contributed by atoms with Crippen LogP contribution in [0.3, 0.4) is 0 Å². The van der Waals surface area contributed by atoms with Crippen LogP contribution in [0.4, 0.5) is 10.5 Å². The van der Waals surface area contributed by atoms with E-state index in [2.05, 4.69) is 69.5 Å². The van der Waals surface area contributed by atoms with Crippen molar-refractivity contribution in [3.63, 3.8) is 0 Å². The maximum absolute atomic E-state index is 12.9. The fourth-order valence-electron chi connectivity index (χ4n) is 4.07. The predicted molar refractivity (Wildman–Crippen MR) is 126 cm³/mol. The van der Waals surface area contributed by atoms with Crippen molar-refractivity contribution in [3.05, 3.63) is 53.1 Å². The van der Waals surface area contributed by atoms with Gasteiger partial charge in [-0.05, 0) is 47.1 Å². The molecule has 2 aromatic rings. The summed E-state index contributed by atoms with van der Waals surface area (Å²) < 4.78 is 11.0. The van der Waals surface area contributed by atoms with Gasteiger partial charge in [-0.25, -0.2) is 4.79 Å². The van der Waals surface area contributed by atoms with Crippen LogP contribution in [0.15, 0.2) is 36.4 Å². The van der Waals surface area contributed by atoms with Crippen LogP contribution < -0.4 is 20.1 Å². The maximum Gasteiger partial charge on any atom is 0.319 e. The number of carbonyl (C=O) groups excluding carboxylic acids is 1. The van der Waals surface area contributed by atoms with Crippen molar-refractivity contribution in [1.82, 2.24) is 5.32 Å². The van der Waals surface area contributed by atoms with Crippen LogP contribution in [0, 0.1) is 0 Å². The van der Waals surface area contributed by atoms with Crippen molar-refractivity contribution in [3.8, 4) is 11.5 Å². The first-order chi connectivity index (χ1) is 14.9. The van der Waals surface area contributed by atoms with Gasteiger partial charge in [0, 0.05) is 18.2 Å². The highest BCUT2D eigenvalue weighted by atomic mass is 16.7. The predicted octanol–water partition coefficient (Wildman–Crippen LogP) is 6.76. The summed E-state index contributed by atoms with van der Waals surface area (Å²) in [6.07, 6.45) is 3.24. The first-order valence-electron chi connectivity index (χ1n) is 11.5. The third-order valence-electron chi connectivity index (χ3n) is 5.89. The zero-order chi connectivity index (χ0) is 22.4. The van der Waals surface area contributed by atoms with Gasteiger partial charge in [0.15, 0.2) is 11.5 Å². The van der Waals surface area contributed by atoms with Crippen molar-refractivity contribution in [2.45, 2.75) is 71.6 Å². The molecular weight excluding hydrogens is 388 g/mol. The lowest BCUT2D eigenvalue weighted by Crippen LogP contribution is -2.33. The van der Waals surface area contributed by atoms with Gasteiger partial charge in [0.25, 0.3) is 0 Å². The van der Waals surface area contributed by atoms with Crippen molar-refractivity contribution in [1.29, 1.82) is 0 Å². The second-order valence-corrected chi connectivity index (χ2v) is 8.91. The van der Waals surface area contributed by atoms with E-state index in [4.69, 9.17) is 9.47 Å². The molecule has 3 rings (SSSR count). The molecule has 0 saturated carbocycles. The van der Waals surface area contributed by atoms with Gasteiger partial charge in [-0.15, -0.1) is 0 Å². The molecule has 168 valence electrons. The number of ether oxygens (including phenoxy) is 2. The maximum atomic E-state index is 12.9. The second-order valence-electron chi connectivity index (χ2n) is 8.91. The molecule has 0 spiro atoms. The summed E-state index contributed by atoms with van der Waals surface area (Å²) >= 11 is 0. The molecule has 1 aliphatic rings. The SMILES string of the molecule is CCCCC(CNC(=O)Nc1c(C(C)C)cccc1C(C)C)c1ccc2c(c1)OCO2. The van der Waals surface area contributed by atoms with E-state index in [1.165, 1.54) is 16.7 Å². The van der Waals surface area contributed by atoms with E-state index in [9.17, 15) is 4.79 Å². The van der Waals surface area contributed by atoms with Crippen LogP contribution >= 0.6 is 0 Å². The number of fused-ring (bicyclic) bond motifs is 1. The summed E-state index contributed by atoms with van der Waals surface area (Å²) in [4.78, 5) is 12.9. The minimum atomic E-state index is -0.155. The van der Waals surface area contributed by atoms with Gasteiger partial charge in [0.2, 0.25) is 6.79 Å². The Balaban J connectivity index is 1.72. The summed E-state index contributed by atoms with van der Waals surface area (Å²) in [6, 6.07) is 12.2. The lowest BCUT2D eigenvalue weighted by atomic mass is 9.92. The Hall–Kier alpha value is -2.69. The van der Waals surface area contributed by atoms with E-state index < -0.39 is 0 Å². The van der Waals surface area contributed by atoms with E-state index in [1.54, 1.807) is 0 Å². The number of amides is 2. The van der Waals surface area contributed by atoms with Gasteiger partial charge in [-0.2, -0.15) is 0 Å². The number of hydrogen-bond acceptors (Lipinski definition) is 3. The number of hydrogen-bond donors (Lipinski definition) is 2. The third-order valence-corrected chi connectivity index (χ3v) is 5.89. The van der Waals surface area contributed by atoms with Gasteiger partial charge in [0.1, 0.15) is 0 Å². The Morgan fingerprint density at radius 1 is 1.00 bits per heavy atom. The first-order valence-corrected chi connectivity index (χ1v) is 11.5. The van der Waals surface area contributed by atoms with E-state index in [0.717, 1.165) is 36.4 Å². The largest absolute Gasteiger partial charge is 0.454 e. The first kappa shape index (κ1) is 23.0. The van der Waals surface area contributed by atoms with E-state index in [-0.39, 0.29) is 18.7 Å². The molecule has 0 aliphatic carbocycles. The quantitative estimate of drug-likeness (QED) is 0.468. The van der Waals surface area contributed by atoms with E-state index in [1.807, 2.05) is 12.1 Å². The molecule has 2 aromatic carbocycles. The average Bonchev–Trinajstić information content (AvgIpc) is 3.21. The number of anilines is 1. The van der Waals surface area contributed by atoms with Crippen LogP contribution in [0.1, 0.15) is 88.3 Å². The van der Waals surface area contributed by atoms with Crippen molar-refractivity contribution >= 4 is 11.7 Å². The summed E-state index contributed by atoms with van der Waals surface area (Å²) in [5, 5.41) is 6.27. The Labute approximate surface area is 186 Å². The standard InChI is InChI=1S/C26H36N2O3/c1-6-7-9-20(19-12-13-23-24(14-19)31-16-30-23)15-27-26(29)28-25-21(17(2)3)10-8-11-22(25)18(4)5/h8,10-14,17-18,20H,6-7,9,15-16H2,1-5H3,(H2,27,28,29). The van der Waals surface area contributed by atoms with Crippen LogP contribution in [0.5, 0.6) is 11.5 Å². The van der Waals surface area contributed by atoms with Gasteiger partial charge in [0.05, 0.1) is 0 Å². The van der Waals surface area contributed by atoms with Crippen molar-refractivity contribution < 1.29 is 14.3 Å². The Morgan fingerprint density at radius 2 is 1.68 bits per heavy atom. The van der Waals surface area contributed by atoms with Gasteiger partial charge < -0.3 is 20.1 Å². The summed E-state index contributed by atoms with van der Waals surface area (Å²) in [5.74, 6) is 2.47. The van der Waals surface area contributed by atoms with Crippen LogP contribution in [-0.2, 0) is 0 Å². The highest BCUT2D eigenvalue weighted by Crippen LogP contribution is 2.36. The summed E-state index contributed by atoms with van der Waals surface area (Å²) in [7, 11) is 0. The molecular formula is C26H36N2O3. The minimum Gasteiger partial charge on any atom is -0.454 e. The fourth-order valence-corrected chi connectivity index (χ4v) is 4.07. The van der Waals surface area contributed by atoms with Crippen molar-refractivity contribution in [2.75, 3.05) is 18.7 Å². The Bertz CT molecular complexity index is 866. The highest BCUT2D eigenvalue weighted by molar-refractivity contribution is 5.91. The van der Waals surface area contributed by atoms with Crippen LogP contribution in [-0.4, -0.2) is 19.4 Å². The molecule has 1 aliphatic heterocycles. The summed E-state index contributed by atoms with van der Waals surface area (Å²) in [5.41, 5.74) is 4.45. The molecule has 5 nitrogen and oxygen atoms in total. The van der Waals surface area contributed by atoms with E-state index >= 15 is 0 Å². The van der Waals surface area contributed by atoms with Crippen LogP contribution in [0.2, 0.25) is 0 Å². The molecule has 0 saturated heterocycles. The number of benzene rings is 2. The Kier molecular flexibility index (Phi) is 7.83. The lowest BCUT2D eigenvalue weighted by Gasteiger charge is -2.22. The van der Waals surface area contributed by atoms with Gasteiger partial charge in [-0.3, -0.25) is 0 Å².